The predicted molar refractivity (Wildman–Crippen MR) is 54.8 cm³/mol. The lowest BCUT2D eigenvalue weighted by atomic mass is 10.2. The number of hydrogen-bond donors (Lipinski definition) is 1. The van der Waals surface area contributed by atoms with Crippen molar-refractivity contribution in [3.05, 3.63) is 0 Å². The van der Waals surface area contributed by atoms with Crippen LogP contribution in [0, 0.1) is 11.3 Å². The van der Waals surface area contributed by atoms with Crippen molar-refractivity contribution in [1.82, 2.24) is 4.90 Å². The summed E-state index contributed by atoms with van der Waals surface area (Å²) >= 11 is 1.33. The second-order valence-corrected chi connectivity index (χ2v) is 4.20. The summed E-state index contributed by atoms with van der Waals surface area (Å²) in [6.45, 7) is 0.797. The number of amides is 1. The maximum Gasteiger partial charge on any atom is 0.232 e. The third-order valence-corrected chi connectivity index (χ3v) is 3.08. The molecule has 0 saturated carbocycles. The molecular formula is C9H14N2O2S. The van der Waals surface area contributed by atoms with Crippen molar-refractivity contribution < 1.29 is 9.90 Å². The van der Waals surface area contributed by atoms with Gasteiger partial charge in [0.15, 0.2) is 0 Å². The largest absolute Gasteiger partial charge is 0.394 e. The zero-order chi connectivity index (χ0) is 10.4. The number of carbonyl (C=O) groups is 1. The second-order valence-electron chi connectivity index (χ2n) is 3.22. The fourth-order valence-electron chi connectivity index (χ4n) is 1.62. The SMILES string of the molecule is N#CCSCC(=O)N1CCC[C@@H]1CO. The molecule has 5 heteroatoms. The Morgan fingerprint density at radius 3 is 3.14 bits per heavy atom. The van der Waals surface area contributed by atoms with Gasteiger partial charge in [-0.3, -0.25) is 4.79 Å². The van der Waals surface area contributed by atoms with Crippen LogP contribution in [0.2, 0.25) is 0 Å². The van der Waals surface area contributed by atoms with Crippen LogP contribution in [0.25, 0.3) is 0 Å². The molecule has 0 bridgehead atoms. The van der Waals surface area contributed by atoms with Crippen molar-refractivity contribution in [2.24, 2.45) is 0 Å². The first-order valence-electron chi connectivity index (χ1n) is 4.64. The lowest BCUT2D eigenvalue weighted by Gasteiger charge is -2.22. The van der Waals surface area contributed by atoms with Crippen LogP contribution in [0.3, 0.4) is 0 Å². The van der Waals surface area contributed by atoms with E-state index in [9.17, 15) is 4.79 Å². The highest BCUT2D eigenvalue weighted by atomic mass is 32.2. The summed E-state index contributed by atoms with van der Waals surface area (Å²) in [7, 11) is 0. The van der Waals surface area contributed by atoms with E-state index < -0.39 is 0 Å². The highest BCUT2D eigenvalue weighted by molar-refractivity contribution is 8.00. The van der Waals surface area contributed by atoms with Gasteiger partial charge in [-0.25, -0.2) is 0 Å². The van der Waals surface area contributed by atoms with Gasteiger partial charge in [0.05, 0.1) is 30.2 Å². The third kappa shape index (κ3) is 2.89. The van der Waals surface area contributed by atoms with E-state index in [1.807, 2.05) is 6.07 Å². The Balaban J connectivity index is 2.32. The molecule has 1 aliphatic heterocycles. The molecule has 4 nitrogen and oxygen atoms in total. The number of nitriles is 1. The maximum atomic E-state index is 11.6. The van der Waals surface area contributed by atoms with Crippen LogP contribution >= 0.6 is 11.8 Å². The quantitative estimate of drug-likeness (QED) is 0.680. The summed E-state index contributed by atoms with van der Waals surface area (Å²) in [5, 5.41) is 17.3. The maximum absolute atomic E-state index is 11.6. The van der Waals surface area contributed by atoms with E-state index in [2.05, 4.69) is 0 Å². The lowest BCUT2D eigenvalue weighted by molar-refractivity contribution is -0.129. The first-order chi connectivity index (χ1) is 6.79. The summed E-state index contributed by atoms with van der Waals surface area (Å²) in [6, 6.07) is 1.99. The summed E-state index contributed by atoms with van der Waals surface area (Å²) in [6.07, 6.45) is 1.87. The minimum absolute atomic E-state index is 0.00480. The fourth-order valence-corrected chi connectivity index (χ4v) is 2.15. The molecule has 1 atom stereocenters. The van der Waals surface area contributed by atoms with Gasteiger partial charge < -0.3 is 10.0 Å². The zero-order valence-electron chi connectivity index (χ0n) is 7.98. The Hall–Kier alpha value is -0.730. The third-order valence-electron chi connectivity index (χ3n) is 2.30. The van der Waals surface area contributed by atoms with Gasteiger partial charge in [0, 0.05) is 6.54 Å². The molecule has 1 rings (SSSR count). The van der Waals surface area contributed by atoms with Gasteiger partial charge in [0.1, 0.15) is 0 Å². The number of rotatable bonds is 4. The average molecular weight is 214 g/mol. The molecule has 0 aromatic carbocycles. The van der Waals surface area contributed by atoms with Gasteiger partial charge >= 0.3 is 0 Å². The monoisotopic (exact) mass is 214 g/mol. The highest BCUT2D eigenvalue weighted by Gasteiger charge is 2.27. The first kappa shape index (κ1) is 11.3. The molecule has 0 unspecified atom stereocenters. The lowest BCUT2D eigenvalue weighted by Crippen LogP contribution is -2.38. The molecular weight excluding hydrogens is 200 g/mol. The van der Waals surface area contributed by atoms with Crippen LogP contribution in [-0.2, 0) is 4.79 Å². The number of aliphatic hydroxyl groups excluding tert-OH is 1. The zero-order valence-corrected chi connectivity index (χ0v) is 8.79. The number of hydrogen-bond acceptors (Lipinski definition) is 4. The summed E-state index contributed by atoms with van der Waals surface area (Å²) in [5.74, 6) is 0.745. The molecule has 0 aliphatic carbocycles. The van der Waals surface area contributed by atoms with Crippen molar-refractivity contribution in [3.8, 4) is 6.07 Å². The van der Waals surface area contributed by atoms with Crippen LogP contribution in [0.1, 0.15) is 12.8 Å². The van der Waals surface area contributed by atoms with Crippen molar-refractivity contribution in [2.45, 2.75) is 18.9 Å². The van der Waals surface area contributed by atoms with Gasteiger partial charge in [0.25, 0.3) is 0 Å². The van der Waals surface area contributed by atoms with Crippen LogP contribution < -0.4 is 0 Å². The standard InChI is InChI=1S/C9H14N2O2S/c10-3-5-14-7-9(13)11-4-1-2-8(11)6-12/h8,12H,1-2,4-7H2/t8-/m1/s1. The van der Waals surface area contributed by atoms with E-state index in [1.165, 1.54) is 11.8 Å². The Labute approximate surface area is 87.9 Å². The van der Waals surface area contributed by atoms with Crippen molar-refractivity contribution in [3.63, 3.8) is 0 Å². The molecule has 14 heavy (non-hydrogen) atoms. The van der Waals surface area contributed by atoms with Crippen LogP contribution in [0.5, 0.6) is 0 Å². The molecule has 1 fully saturated rings. The van der Waals surface area contributed by atoms with Gasteiger partial charge in [-0.15, -0.1) is 11.8 Å². The van der Waals surface area contributed by atoms with E-state index >= 15 is 0 Å². The topological polar surface area (TPSA) is 64.3 Å². The van der Waals surface area contributed by atoms with Crippen LogP contribution in [0.4, 0.5) is 0 Å². The molecule has 1 amide bonds. The number of aliphatic hydroxyl groups is 1. The molecule has 78 valence electrons. The molecule has 0 aromatic rings. The van der Waals surface area contributed by atoms with Gasteiger partial charge in [0.2, 0.25) is 5.91 Å². The minimum atomic E-state index is 0.00480. The average Bonchev–Trinajstić information content (AvgIpc) is 2.65. The Bertz CT molecular complexity index is 239. The Kier molecular flexibility index (Phi) is 4.77. The fraction of sp³-hybridized carbons (Fsp3) is 0.778. The predicted octanol–water partition coefficient (Wildman–Crippen LogP) is 0.226. The first-order valence-corrected chi connectivity index (χ1v) is 5.80. The summed E-state index contributed by atoms with van der Waals surface area (Å²) in [4.78, 5) is 13.3. The van der Waals surface area contributed by atoms with E-state index in [4.69, 9.17) is 10.4 Å². The second kappa shape index (κ2) is 5.89. The van der Waals surface area contributed by atoms with Gasteiger partial charge in [-0.2, -0.15) is 5.26 Å². The smallest absolute Gasteiger partial charge is 0.232 e. The summed E-state index contributed by atoms with van der Waals surface area (Å²) in [5.41, 5.74) is 0. The molecule has 1 aliphatic rings. The summed E-state index contributed by atoms with van der Waals surface area (Å²) < 4.78 is 0. The number of likely N-dealkylation sites (tertiary alicyclic amines) is 1. The normalized spacial score (nSPS) is 20.9. The molecule has 1 heterocycles. The Morgan fingerprint density at radius 1 is 1.71 bits per heavy atom. The molecule has 1 N–H and O–H groups in total. The molecule has 0 spiro atoms. The van der Waals surface area contributed by atoms with Crippen LogP contribution in [-0.4, -0.2) is 46.6 Å². The van der Waals surface area contributed by atoms with Crippen molar-refractivity contribution in [1.29, 1.82) is 5.26 Å². The van der Waals surface area contributed by atoms with E-state index in [0.29, 0.717) is 11.5 Å². The van der Waals surface area contributed by atoms with Gasteiger partial charge in [-0.1, -0.05) is 0 Å². The minimum Gasteiger partial charge on any atom is -0.394 e. The van der Waals surface area contributed by atoms with E-state index in [1.54, 1.807) is 4.90 Å². The Morgan fingerprint density at radius 2 is 2.50 bits per heavy atom. The molecule has 0 aromatic heterocycles. The van der Waals surface area contributed by atoms with E-state index in [-0.39, 0.29) is 18.6 Å². The number of thioether (sulfide) groups is 1. The van der Waals surface area contributed by atoms with Crippen LogP contribution in [0.15, 0.2) is 0 Å². The number of carbonyl (C=O) groups excluding carboxylic acids is 1. The van der Waals surface area contributed by atoms with E-state index in [0.717, 1.165) is 19.4 Å². The van der Waals surface area contributed by atoms with Crippen molar-refractivity contribution in [2.75, 3.05) is 24.7 Å². The molecule has 0 radical (unpaired) electrons. The van der Waals surface area contributed by atoms with Crippen molar-refractivity contribution >= 4 is 17.7 Å². The highest BCUT2D eigenvalue weighted by Crippen LogP contribution is 2.17. The molecule has 1 saturated heterocycles. The number of nitrogens with zero attached hydrogens (tertiary/aromatic N) is 2. The van der Waals surface area contributed by atoms with Gasteiger partial charge in [-0.05, 0) is 12.8 Å².